The van der Waals surface area contributed by atoms with Crippen LogP contribution in [0.2, 0.25) is 5.15 Å². The van der Waals surface area contributed by atoms with Crippen molar-refractivity contribution in [3.05, 3.63) is 35.2 Å². The van der Waals surface area contributed by atoms with Crippen LogP contribution in [0.1, 0.15) is 71.8 Å². The van der Waals surface area contributed by atoms with Crippen LogP contribution in [0, 0.1) is 5.82 Å². The molecule has 0 radical (unpaired) electrons. The Bertz CT molecular complexity index is 1290. The first-order chi connectivity index (χ1) is 20.8. The van der Waals surface area contributed by atoms with Crippen molar-refractivity contribution in [1.82, 2.24) is 19.7 Å². The number of halogens is 3. The Hall–Kier alpha value is -2.70. The minimum absolute atomic E-state index is 0.0872. The lowest BCUT2D eigenvalue weighted by molar-refractivity contribution is -0.0617. The molecule has 0 bridgehead atoms. The summed E-state index contributed by atoms with van der Waals surface area (Å²) in [5, 5.41) is -0.349. The number of nitrogens with two attached hydrogens (primary N) is 1. The number of aromatic nitrogens is 1. The van der Waals surface area contributed by atoms with Crippen LogP contribution >= 0.6 is 11.6 Å². The molecule has 0 spiro atoms. The van der Waals surface area contributed by atoms with E-state index in [9.17, 15) is 13.6 Å². The van der Waals surface area contributed by atoms with Crippen molar-refractivity contribution in [2.45, 2.75) is 95.2 Å². The van der Waals surface area contributed by atoms with Crippen LogP contribution in [0.3, 0.4) is 0 Å². The summed E-state index contributed by atoms with van der Waals surface area (Å²) in [5.41, 5.74) is 4.42. The summed E-state index contributed by atoms with van der Waals surface area (Å²) in [5.74, 6) is -0.474. The number of piperazine rings is 1. The smallest absolute Gasteiger partial charge is 0.410 e. The monoisotopic (exact) mass is 638 g/mol. The molecule has 1 aromatic heterocycles. The molecule has 5 rings (SSSR count). The van der Waals surface area contributed by atoms with E-state index < -0.39 is 29.2 Å². The zero-order valence-electron chi connectivity index (χ0n) is 26.2. The standard InChI is InChI=1S/C31H45ClF2N6O4/c1-6-30(18-43-22-8-9-22)17-38(12-13-40(30)28(41)44-29(3,4)5)27(23-15-36-26(32)24(34)25(23)35)37-20(2)42-19-31-10-7-11-39(31)16-21(33)14-31/h15,21-22H,2,6-14,16-19H2,1,3-5H3,(H2,35,36)/b37-27+/t21-,30-,31+/m1/s1. The number of nitrogen functional groups attached to an aromatic ring is 1. The molecule has 0 unspecified atom stereocenters. The second kappa shape index (κ2) is 12.6. The molecule has 1 aromatic rings. The van der Waals surface area contributed by atoms with E-state index in [1.54, 1.807) is 4.90 Å². The molecule has 3 saturated heterocycles. The van der Waals surface area contributed by atoms with Gasteiger partial charge in [-0.25, -0.2) is 18.6 Å². The third-order valence-corrected chi connectivity index (χ3v) is 9.35. The molecule has 1 amide bonds. The number of carbonyl (C=O) groups excluding carboxylic acids is 1. The fourth-order valence-corrected chi connectivity index (χ4v) is 6.72. The van der Waals surface area contributed by atoms with Gasteiger partial charge in [0, 0.05) is 38.8 Å². The molecular formula is C31H45ClF2N6O4. The van der Waals surface area contributed by atoms with E-state index in [2.05, 4.69) is 16.5 Å². The van der Waals surface area contributed by atoms with Gasteiger partial charge < -0.3 is 24.8 Å². The Balaban J connectivity index is 1.45. The highest BCUT2D eigenvalue weighted by Crippen LogP contribution is 2.41. The van der Waals surface area contributed by atoms with Gasteiger partial charge in [0.2, 0.25) is 5.88 Å². The van der Waals surface area contributed by atoms with Gasteiger partial charge in [-0.3, -0.25) is 9.80 Å². The Kier molecular flexibility index (Phi) is 9.36. The highest BCUT2D eigenvalue weighted by Gasteiger charge is 2.50. The number of hydrogen-bond acceptors (Lipinski definition) is 8. The molecule has 1 saturated carbocycles. The predicted octanol–water partition coefficient (Wildman–Crippen LogP) is 5.15. The van der Waals surface area contributed by atoms with Crippen molar-refractivity contribution < 1.29 is 27.8 Å². The molecule has 2 N–H and O–H groups in total. The van der Waals surface area contributed by atoms with Gasteiger partial charge in [0.05, 0.1) is 35.0 Å². The lowest BCUT2D eigenvalue weighted by atomic mass is 9.91. The first-order valence-electron chi connectivity index (χ1n) is 15.5. The van der Waals surface area contributed by atoms with Gasteiger partial charge in [0.25, 0.3) is 0 Å². The highest BCUT2D eigenvalue weighted by atomic mass is 35.5. The van der Waals surface area contributed by atoms with Gasteiger partial charge in [-0.2, -0.15) is 4.99 Å². The molecule has 13 heteroatoms. The van der Waals surface area contributed by atoms with Crippen molar-refractivity contribution in [1.29, 1.82) is 0 Å². The summed E-state index contributed by atoms with van der Waals surface area (Å²) in [6, 6.07) is 0. The molecule has 3 atom stereocenters. The molecule has 4 aliphatic rings. The van der Waals surface area contributed by atoms with Crippen LogP contribution < -0.4 is 5.73 Å². The number of pyridine rings is 1. The molecule has 244 valence electrons. The Morgan fingerprint density at radius 2 is 2.02 bits per heavy atom. The topological polar surface area (TPSA) is 106 Å². The molecule has 10 nitrogen and oxygen atoms in total. The molecule has 44 heavy (non-hydrogen) atoms. The van der Waals surface area contributed by atoms with Crippen LogP contribution in [0.4, 0.5) is 19.3 Å². The molecule has 1 aliphatic carbocycles. The number of ether oxygens (including phenoxy) is 3. The largest absolute Gasteiger partial charge is 0.476 e. The number of amidine groups is 1. The van der Waals surface area contributed by atoms with Gasteiger partial charge in [-0.1, -0.05) is 18.5 Å². The summed E-state index contributed by atoms with van der Waals surface area (Å²) in [6.07, 6.45) is 4.97. The minimum Gasteiger partial charge on any atom is -0.476 e. The number of aliphatic imine (C=N–C) groups is 1. The highest BCUT2D eigenvalue weighted by molar-refractivity contribution is 6.30. The number of nitrogens with zero attached hydrogens (tertiary/aromatic N) is 5. The minimum atomic E-state index is -0.893. The van der Waals surface area contributed by atoms with Gasteiger partial charge in [0.1, 0.15) is 24.2 Å². The van der Waals surface area contributed by atoms with Gasteiger partial charge in [-0.05, 0) is 66.0 Å². The molecule has 4 fully saturated rings. The van der Waals surface area contributed by atoms with Gasteiger partial charge >= 0.3 is 6.09 Å². The van der Waals surface area contributed by atoms with Crippen LogP contribution in [0.15, 0.2) is 23.7 Å². The van der Waals surface area contributed by atoms with Gasteiger partial charge in [0.15, 0.2) is 11.0 Å². The summed E-state index contributed by atoms with van der Waals surface area (Å²) < 4.78 is 47.4. The maximum atomic E-state index is 15.0. The average molecular weight is 639 g/mol. The Labute approximate surface area is 263 Å². The SMILES string of the molecule is C=C(/N=C(\c1cnc(Cl)c(F)c1N)N1CCN(C(=O)OC(C)(C)C)[C@@](CC)(COC2CC2)C1)OC[C@@]12CCCN1C[C@H](F)C2. The maximum Gasteiger partial charge on any atom is 0.410 e. The lowest BCUT2D eigenvalue weighted by Gasteiger charge is -2.51. The zero-order valence-corrected chi connectivity index (χ0v) is 27.0. The van der Waals surface area contributed by atoms with E-state index in [4.69, 9.17) is 36.5 Å². The summed E-state index contributed by atoms with van der Waals surface area (Å²) in [4.78, 5) is 28.0. The number of hydrogen-bond donors (Lipinski definition) is 1. The van der Waals surface area contributed by atoms with Crippen molar-refractivity contribution in [2.24, 2.45) is 4.99 Å². The number of fused-ring (bicyclic) bond motifs is 1. The van der Waals surface area contributed by atoms with Crippen molar-refractivity contribution >= 4 is 29.2 Å². The third-order valence-electron chi connectivity index (χ3n) is 9.09. The summed E-state index contributed by atoms with van der Waals surface area (Å²) >= 11 is 5.95. The average Bonchev–Trinajstić information content (AvgIpc) is 3.64. The number of rotatable bonds is 9. The van der Waals surface area contributed by atoms with E-state index in [0.29, 0.717) is 51.5 Å². The van der Waals surface area contributed by atoms with Crippen molar-refractivity contribution in [3.63, 3.8) is 0 Å². The van der Waals surface area contributed by atoms with Crippen LogP contribution in [-0.2, 0) is 14.2 Å². The second-order valence-corrected chi connectivity index (χ2v) is 13.9. The zero-order chi connectivity index (χ0) is 31.9. The molecule has 0 aromatic carbocycles. The maximum absolute atomic E-state index is 15.0. The number of alkyl halides is 1. The van der Waals surface area contributed by atoms with Crippen molar-refractivity contribution in [2.75, 3.05) is 51.7 Å². The predicted molar refractivity (Wildman–Crippen MR) is 165 cm³/mol. The molecule has 4 heterocycles. The second-order valence-electron chi connectivity index (χ2n) is 13.5. The van der Waals surface area contributed by atoms with Crippen LogP contribution in [0.5, 0.6) is 0 Å². The Morgan fingerprint density at radius 1 is 1.27 bits per heavy atom. The fraction of sp³-hybridized carbons (Fsp3) is 0.710. The number of anilines is 1. The van der Waals surface area contributed by atoms with E-state index in [0.717, 1.165) is 32.2 Å². The normalized spacial score (nSPS) is 27.9. The summed E-state index contributed by atoms with van der Waals surface area (Å²) in [7, 11) is 0. The van der Waals surface area contributed by atoms with Gasteiger partial charge in [-0.15, -0.1) is 0 Å². The quantitative estimate of drug-likeness (QED) is 0.171. The number of carbonyl (C=O) groups is 1. The molecule has 3 aliphatic heterocycles. The van der Waals surface area contributed by atoms with E-state index in [-0.39, 0.29) is 40.5 Å². The third kappa shape index (κ3) is 6.92. The van der Waals surface area contributed by atoms with E-state index in [1.807, 2.05) is 32.6 Å². The van der Waals surface area contributed by atoms with Crippen LogP contribution in [0.25, 0.3) is 0 Å². The number of amides is 1. The Morgan fingerprint density at radius 3 is 2.70 bits per heavy atom. The van der Waals surface area contributed by atoms with Crippen LogP contribution in [-0.4, -0.2) is 107 Å². The fourth-order valence-electron chi connectivity index (χ4n) is 6.57. The summed E-state index contributed by atoms with van der Waals surface area (Å²) in [6.45, 7) is 14.2. The first-order valence-corrected chi connectivity index (χ1v) is 15.9. The first kappa shape index (κ1) is 32.7. The van der Waals surface area contributed by atoms with Crippen molar-refractivity contribution in [3.8, 4) is 0 Å². The van der Waals surface area contributed by atoms with E-state index in [1.165, 1.54) is 6.20 Å². The molecular weight excluding hydrogens is 594 g/mol. The van der Waals surface area contributed by atoms with E-state index >= 15 is 0 Å². The lowest BCUT2D eigenvalue weighted by Crippen LogP contribution is -2.67.